The molecule has 1 unspecified atom stereocenters. The molecular formula is C36H36N4O8. The van der Waals surface area contributed by atoms with Gasteiger partial charge in [-0.25, -0.2) is 4.98 Å². The topological polar surface area (TPSA) is 166 Å². The number of ether oxygens (including phenoxy) is 2. The lowest BCUT2D eigenvalue weighted by Crippen LogP contribution is -2.57. The number of aromatic nitrogens is 1. The zero-order valence-corrected chi connectivity index (χ0v) is 26.5. The molecule has 3 aromatic carbocycles. The highest BCUT2D eigenvalue weighted by Gasteiger charge is 2.50. The minimum Gasteiger partial charge on any atom is -0.489 e. The molecule has 2 heterocycles. The van der Waals surface area contributed by atoms with Crippen LogP contribution in [0.15, 0.2) is 102 Å². The summed E-state index contributed by atoms with van der Waals surface area (Å²) in [5.74, 6) is -2.50. The number of hydrogen-bond acceptors (Lipinski definition) is 9. The van der Waals surface area contributed by atoms with E-state index in [2.05, 4.69) is 20.8 Å². The summed E-state index contributed by atoms with van der Waals surface area (Å²) >= 11 is 0. The molecule has 0 spiro atoms. The summed E-state index contributed by atoms with van der Waals surface area (Å²) < 4.78 is 11.5. The van der Waals surface area contributed by atoms with Gasteiger partial charge in [-0.2, -0.15) is 0 Å². The third-order valence-corrected chi connectivity index (χ3v) is 7.77. The smallest absolute Gasteiger partial charge is 0.305 e. The lowest BCUT2D eigenvalue weighted by molar-refractivity contribution is -0.151. The number of carbonyl (C=O) groups excluding carboxylic acids is 3. The summed E-state index contributed by atoms with van der Waals surface area (Å²) in [7, 11) is 0. The summed E-state index contributed by atoms with van der Waals surface area (Å²) in [6, 6.07) is 26.1. The molecular weight excluding hydrogens is 616 g/mol. The summed E-state index contributed by atoms with van der Waals surface area (Å²) in [4.78, 5) is 62.5. The van der Waals surface area contributed by atoms with Crippen LogP contribution in [0.1, 0.15) is 37.2 Å². The van der Waals surface area contributed by atoms with Gasteiger partial charge in [0, 0.05) is 11.8 Å². The molecule has 5 rings (SSSR count). The molecule has 12 heteroatoms. The van der Waals surface area contributed by atoms with Crippen molar-refractivity contribution in [1.29, 1.82) is 0 Å². The van der Waals surface area contributed by atoms with E-state index in [1.165, 1.54) is 0 Å². The Morgan fingerprint density at radius 1 is 0.854 bits per heavy atom. The highest BCUT2D eigenvalue weighted by molar-refractivity contribution is 6.03. The van der Waals surface area contributed by atoms with Crippen molar-refractivity contribution >= 4 is 40.2 Å². The standard InChI is InChI=1S/C36H36N4O8/c1-23(2)33(39-34(44)28-18-17-24-11-9-10-16-27(24)37-28)30-20-36(48-40-30,22-47-26-14-7-4-8-15-26)35(45)38-29(19-32(42)43)31(41)21-46-25-12-5-3-6-13-25/h3-18,23,29,33H,19-22H2,1-2H3,(H,38,45)(H,39,44)(H,42,43)/t29-,33-,36?/m0/s1. The number of rotatable bonds is 15. The van der Waals surface area contributed by atoms with Crippen LogP contribution in [-0.2, 0) is 19.2 Å². The van der Waals surface area contributed by atoms with Gasteiger partial charge in [0.05, 0.1) is 23.7 Å². The fourth-order valence-corrected chi connectivity index (χ4v) is 5.18. The second-order valence-electron chi connectivity index (χ2n) is 11.7. The molecule has 48 heavy (non-hydrogen) atoms. The number of nitrogens with one attached hydrogen (secondary N) is 2. The molecule has 248 valence electrons. The van der Waals surface area contributed by atoms with Crippen LogP contribution in [0, 0.1) is 5.92 Å². The number of nitrogens with zero attached hydrogens (tertiary/aromatic N) is 2. The maximum atomic E-state index is 14.0. The first-order chi connectivity index (χ1) is 23.1. The zero-order chi connectivity index (χ0) is 34.1. The van der Waals surface area contributed by atoms with Crippen molar-refractivity contribution in [3.8, 4) is 11.5 Å². The fraction of sp³-hybridized carbons (Fsp3) is 0.278. The molecule has 0 bridgehead atoms. The Labute approximate surface area is 277 Å². The van der Waals surface area contributed by atoms with E-state index in [-0.39, 0.29) is 24.6 Å². The number of carbonyl (C=O) groups is 4. The quantitative estimate of drug-likeness (QED) is 0.171. The van der Waals surface area contributed by atoms with E-state index >= 15 is 0 Å². The minimum atomic E-state index is -1.79. The van der Waals surface area contributed by atoms with Crippen molar-refractivity contribution in [3.05, 3.63) is 103 Å². The van der Waals surface area contributed by atoms with Gasteiger partial charge in [-0.05, 0) is 42.3 Å². The second-order valence-corrected chi connectivity index (χ2v) is 11.7. The first-order valence-corrected chi connectivity index (χ1v) is 15.5. The van der Waals surface area contributed by atoms with Crippen LogP contribution in [0.25, 0.3) is 10.9 Å². The molecule has 0 saturated carbocycles. The van der Waals surface area contributed by atoms with Gasteiger partial charge in [-0.1, -0.05) is 79.7 Å². The van der Waals surface area contributed by atoms with E-state index in [0.717, 1.165) is 5.39 Å². The maximum absolute atomic E-state index is 14.0. The Morgan fingerprint density at radius 3 is 2.17 bits per heavy atom. The van der Waals surface area contributed by atoms with Crippen LogP contribution in [-0.4, -0.2) is 70.3 Å². The summed E-state index contributed by atoms with van der Waals surface area (Å²) in [5, 5.41) is 20.2. The Hall–Kier alpha value is -5.78. The number of para-hydroxylation sites is 3. The van der Waals surface area contributed by atoms with Gasteiger partial charge >= 0.3 is 5.97 Å². The molecule has 1 aromatic heterocycles. The van der Waals surface area contributed by atoms with Crippen LogP contribution < -0.4 is 20.1 Å². The summed E-state index contributed by atoms with van der Waals surface area (Å²) in [6.07, 6.45) is -0.802. The van der Waals surface area contributed by atoms with E-state index in [4.69, 9.17) is 14.3 Å². The van der Waals surface area contributed by atoms with E-state index < -0.39 is 54.3 Å². The number of hydrogen-bond donors (Lipinski definition) is 3. The van der Waals surface area contributed by atoms with Crippen molar-refractivity contribution < 1.29 is 38.6 Å². The van der Waals surface area contributed by atoms with Crippen molar-refractivity contribution in [2.75, 3.05) is 13.2 Å². The predicted molar refractivity (Wildman–Crippen MR) is 177 cm³/mol. The average Bonchev–Trinajstić information content (AvgIpc) is 3.54. The lowest BCUT2D eigenvalue weighted by Gasteiger charge is -2.28. The Bertz CT molecular complexity index is 1800. The molecule has 2 amide bonds. The van der Waals surface area contributed by atoms with Crippen LogP contribution in [0.4, 0.5) is 0 Å². The van der Waals surface area contributed by atoms with E-state index in [1.54, 1.807) is 60.7 Å². The molecule has 0 fully saturated rings. The van der Waals surface area contributed by atoms with Crippen molar-refractivity contribution in [3.63, 3.8) is 0 Å². The van der Waals surface area contributed by atoms with Crippen molar-refractivity contribution in [1.82, 2.24) is 15.6 Å². The Kier molecular flexibility index (Phi) is 10.6. The van der Waals surface area contributed by atoms with Gasteiger partial charge in [-0.3, -0.25) is 19.2 Å². The van der Waals surface area contributed by atoms with Gasteiger partial charge < -0.3 is 30.1 Å². The predicted octanol–water partition coefficient (Wildman–Crippen LogP) is 4.19. The van der Waals surface area contributed by atoms with Crippen LogP contribution in [0.3, 0.4) is 0 Å². The molecule has 12 nitrogen and oxygen atoms in total. The molecule has 0 radical (unpaired) electrons. The number of oxime groups is 1. The number of pyridine rings is 1. The number of ketones is 1. The molecule has 0 aliphatic carbocycles. The van der Waals surface area contributed by atoms with Crippen molar-refractivity contribution in [2.24, 2.45) is 11.1 Å². The first kappa shape index (κ1) is 33.6. The third kappa shape index (κ3) is 8.32. The molecule has 1 aliphatic heterocycles. The van der Waals surface area contributed by atoms with Gasteiger partial charge in [0.2, 0.25) is 0 Å². The highest BCUT2D eigenvalue weighted by atomic mass is 16.7. The fourth-order valence-electron chi connectivity index (χ4n) is 5.18. The number of benzene rings is 3. The van der Waals surface area contributed by atoms with E-state index in [1.807, 2.05) is 50.2 Å². The number of carboxylic acid groups (broad SMARTS) is 1. The summed E-state index contributed by atoms with van der Waals surface area (Å²) in [5.41, 5.74) is -0.551. The second kappa shape index (κ2) is 15.2. The van der Waals surface area contributed by atoms with E-state index in [9.17, 15) is 24.3 Å². The van der Waals surface area contributed by atoms with Gasteiger partial charge in [-0.15, -0.1) is 0 Å². The normalized spacial score (nSPS) is 16.7. The average molecular weight is 653 g/mol. The number of fused-ring (bicyclic) bond motifs is 1. The summed E-state index contributed by atoms with van der Waals surface area (Å²) in [6.45, 7) is 2.98. The monoisotopic (exact) mass is 652 g/mol. The Morgan fingerprint density at radius 2 is 1.50 bits per heavy atom. The van der Waals surface area contributed by atoms with E-state index in [0.29, 0.717) is 22.7 Å². The number of aliphatic carboxylic acids is 1. The lowest BCUT2D eigenvalue weighted by atomic mass is 9.89. The molecule has 3 atom stereocenters. The van der Waals surface area contributed by atoms with Gasteiger partial charge in [0.1, 0.15) is 36.4 Å². The van der Waals surface area contributed by atoms with Crippen LogP contribution in [0.2, 0.25) is 0 Å². The highest BCUT2D eigenvalue weighted by Crippen LogP contribution is 2.29. The van der Waals surface area contributed by atoms with Crippen molar-refractivity contribution in [2.45, 2.75) is 44.4 Å². The van der Waals surface area contributed by atoms with Crippen LogP contribution >= 0.6 is 0 Å². The Balaban J connectivity index is 1.35. The third-order valence-electron chi connectivity index (χ3n) is 7.77. The molecule has 0 saturated heterocycles. The van der Waals surface area contributed by atoms with Gasteiger partial charge in [0.15, 0.2) is 5.78 Å². The largest absolute Gasteiger partial charge is 0.489 e. The number of carboxylic acids is 1. The maximum Gasteiger partial charge on any atom is 0.305 e. The minimum absolute atomic E-state index is 0.117. The molecule has 4 aromatic rings. The van der Waals surface area contributed by atoms with Crippen LogP contribution in [0.5, 0.6) is 11.5 Å². The number of amides is 2. The molecule has 1 aliphatic rings. The number of Topliss-reactive ketones (excluding diaryl/α,β-unsaturated/α-hetero) is 1. The SMILES string of the molecule is CC(C)[C@H](NC(=O)c1ccc2ccccc2n1)C1=NOC(COc2ccccc2)(C(=O)N[C@@H](CC(=O)O)C(=O)COc2ccccc2)C1. The molecule has 3 N–H and O–H groups in total. The first-order valence-electron chi connectivity index (χ1n) is 15.5. The van der Waals surface area contributed by atoms with Gasteiger partial charge in [0.25, 0.3) is 17.4 Å². The zero-order valence-electron chi connectivity index (χ0n) is 26.5.